The van der Waals surface area contributed by atoms with Gasteiger partial charge in [-0.1, -0.05) is 30.2 Å². The molecule has 90 heavy (non-hydrogen) atoms. The highest BCUT2D eigenvalue weighted by Crippen LogP contribution is 2.34. The number of nitrogens with two attached hydrogens (primary N) is 2. The molecule has 2 aliphatic rings. The van der Waals surface area contributed by atoms with Crippen molar-refractivity contribution in [1.82, 2.24) is 36.3 Å². The Labute approximate surface area is 529 Å². The first-order valence-electron chi connectivity index (χ1n) is 30.8. The van der Waals surface area contributed by atoms with Crippen molar-refractivity contribution in [2.75, 3.05) is 184 Å². The van der Waals surface area contributed by atoms with Gasteiger partial charge in [-0.25, -0.2) is 18.3 Å². The SMILES string of the molecule is NCCCC[C@H](C(=O)COc1c(F)cccc1F)c1c(C(N)=O)cccc1-n1cc(CNC(=O)CCOCCOCCOCCOCCOCCOCCOCCOCCOCCOCCOCCOCCNC(=O)CCCC[C@@H]2SC[C@@H]3NC(=O)N[C@@H]32)nn1. The van der Waals surface area contributed by atoms with Crippen molar-refractivity contribution in [3.63, 3.8) is 0 Å². The Morgan fingerprint density at radius 1 is 0.622 bits per heavy atom. The Balaban J connectivity index is 0.719. The van der Waals surface area contributed by atoms with Crippen molar-refractivity contribution >= 4 is 41.3 Å². The van der Waals surface area contributed by atoms with Crippen LogP contribution in [0.3, 0.4) is 0 Å². The van der Waals surface area contributed by atoms with Crippen molar-refractivity contribution in [1.29, 1.82) is 0 Å². The molecule has 3 aromatic rings. The number of carbonyl (C=O) groups excluding carboxylic acids is 5. The van der Waals surface area contributed by atoms with E-state index in [1.807, 2.05) is 11.8 Å². The molecule has 2 aliphatic heterocycles. The Kier molecular flexibility index (Phi) is 39.5. The van der Waals surface area contributed by atoms with E-state index >= 15 is 0 Å². The van der Waals surface area contributed by atoms with E-state index in [9.17, 15) is 32.8 Å². The molecule has 4 atom stereocenters. The van der Waals surface area contributed by atoms with E-state index in [0.717, 1.165) is 37.1 Å². The molecule has 2 saturated heterocycles. The first kappa shape index (κ1) is 75.1. The average Bonchev–Trinajstić information content (AvgIpc) is 1.36. The lowest BCUT2D eigenvalue weighted by molar-refractivity contribution is -0.123. The molecular weight excluding hydrogens is 1200 g/mol. The van der Waals surface area contributed by atoms with Gasteiger partial charge in [0.1, 0.15) is 12.3 Å². The minimum Gasteiger partial charge on any atom is -0.480 e. The summed E-state index contributed by atoms with van der Waals surface area (Å²) in [4.78, 5) is 62.7. The number of amides is 5. The van der Waals surface area contributed by atoms with Gasteiger partial charge in [0.15, 0.2) is 23.2 Å². The monoisotopic (exact) mass is 1300 g/mol. The molecule has 0 unspecified atom stereocenters. The van der Waals surface area contributed by atoms with Gasteiger partial charge < -0.3 is 94.3 Å². The fourth-order valence-electron chi connectivity index (χ4n) is 9.24. The second-order valence-electron chi connectivity index (χ2n) is 20.5. The number of hydrogen-bond donors (Lipinski definition) is 6. The number of fused-ring (bicyclic) bond motifs is 1. The number of para-hydroxylation sites is 1. The number of urea groups is 1. The summed E-state index contributed by atoms with van der Waals surface area (Å²) >= 11 is 1.89. The number of unbranched alkanes of at least 4 members (excludes halogenated alkanes) is 2. The average molecular weight is 1300 g/mol. The molecule has 506 valence electrons. The number of nitrogens with one attached hydrogen (secondary N) is 4. The van der Waals surface area contributed by atoms with E-state index in [-0.39, 0.29) is 73.7 Å². The maximum atomic E-state index is 14.3. The van der Waals surface area contributed by atoms with Crippen LogP contribution < -0.4 is 37.5 Å². The molecule has 0 aliphatic carbocycles. The zero-order chi connectivity index (χ0) is 64.1. The lowest BCUT2D eigenvalue weighted by Crippen LogP contribution is -2.36. The van der Waals surface area contributed by atoms with Crippen LogP contribution in [0.5, 0.6) is 5.75 Å². The number of ether oxygens (including phenoxy) is 13. The highest BCUT2D eigenvalue weighted by Gasteiger charge is 2.42. The third-order valence-corrected chi connectivity index (χ3v) is 15.3. The quantitative estimate of drug-likeness (QED) is 0.0349. The van der Waals surface area contributed by atoms with E-state index in [2.05, 4.69) is 31.6 Å². The fourth-order valence-corrected chi connectivity index (χ4v) is 10.8. The smallest absolute Gasteiger partial charge is 0.315 e. The Bertz CT molecular complexity index is 2480. The highest BCUT2D eigenvalue weighted by atomic mass is 32.2. The largest absolute Gasteiger partial charge is 0.480 e. The van der Waals surface area contributed by atoms with Crippen LogP contribution in [-0.4, -0.2) is 246 Å². The second kappa shape index (κ2) is 47.3. The summed E-state index contributed by atoms with van der Waals surface area (Å²) in [6, 6.07) is 8.24. The van der Waals surface area contributed by atoms with Crippen LogP contribution in [0.25, 0.3) is 5.69 Å². The van der Waals surface area contributed by atoms with Crippen LogP contribution in [-0.2, 0) is 77.8 Å². The van der Waals surface area contributed by atoms with E-state index in [1.54, 1.807) is 12.1 Å². The lowest BCUT2D eigenvalue weighted by Gasteiger charge is -2.22. The van der Waals surface area contributed by atoms with Crippen molar-refractivity contribution in [2.45, 2.75) is 81.2 Å². The third kappa shape index (κ3) is 31.2. The third-order valence-electron chi connectivity index (χ3n) is 13.8. The summed E-state index contributed by atoms with van der Waals surface area (Å²) in [6.45, 7) is 10.0. The number of benzene rings is 2. The van der Waals surface area contributed by atoms with Gasteiger partial charge in [-0.2, -0.15) is 11.8 Å². The van der Waals surface area contributed by atoms with Gasteiger partial charge in [-0.05, 0) is 56.5 Å². The fraction of sp³-hybridized carbons (Fsp3) is 0.683. The van der Waals surface area contributed by atoms with Crippen LogP contribution >= 0.6 is 11.8 Å². The Morgan fingerprint density at radius 2 is 1.12 bits per heavy atom. The molecule has 5 amide bonds. The number of halogens is 2. The van der Waals surface area contributed by atoms with Crippen molar-refractivity contribution in [2.24, 2.45) is 11.5 Å². The lowest BCUT2D eigenvalue weighted by atomic mass is 9.85. The standard InChI is InChI=1S/C60H93F2N9O18S/c61-48-9-6-10-49(62)58(48)89-43-52(72)46(7-3-4-15-63)56-47(59(64)75)8-5-11-51(56)71-42-45(69-70-71)41-66-55(74)14-17-77-19-21-79-23-25-81-27-29-83-31-33-85-35-37-87-39-40-88-38-36-86-34-32-84-30-28-82-26-24-80-22-20-78-18-16-65-54(73)13-2-1-12-53-57-50(44-90-53)67-60(76)68-57/h5-6,8-11,42,46,50,53,57H,1-4,7,12-41,43-44,63H2,(H2,64,75)(H,65,73)(H,66,74)(H2,67,68,76)/t46-,50+,53+,57+/m1/s1. The molecular formula is C60H93F2N9O18S. The molecule has 0 bridgehead atoms. The normalized spacial score (nSPS) is 15.6. The van der Waals surface area contributed by atoms with Gasteiger partial charge in [0.05, 0.1) is 189 Å². The number of nitrogens with zero attached hydrogens (tertiary/aromatic N) is 3. The molecule has 3 heterocycles. The summed E-state index contributed by atoms with van der Waals surface area (Å²) in [5, 5.41) is 20.4. The van der Waals surface area contributed by atoms with Crippen LogP contribution in [0.4, 0.5) is 13.6 Å². The Hall–Kier alpha value is -5.58. The summed E-state index contributed by atoms with van der Waals surface area (Å²) < 4.78 is 102. The number of hydrogen-bond acceptors (Lipinski definition) is 22. The molecule has 0 spiro atoms. The molecule has 30 heteroatoms. The number of carbonyl (C=O) groups is 5. The van der Waals surface area contributed by atoms with Crippen molar-refractivity contribution in [3.8, 4) is 11.4 Å². The minimum absolute atomic E-state index is 0.0241. The minimum atomic E-state index is -0.990. The predicted octanol–water partition coefficient (Wildman–Crippen LogP) is 2.55. The highest BCUT2D eigenvalue weighted by molar-refractivity contribution is 8.00. The molecule has 1 aromatic heterocycles. The summed E-state index contributed by atoms with van der Waals surface area (Å²) in [5.41, 5.74) is 12.5. The number of primary amides is 1. The number of aromatic nitrogens is 3. The van der Waals surface area contributed by atoms with Gasteiger partial charge in [0, 0.05) is 47.4 Å². The van der Waals surface area contributed by atoms with Crippen LogP contribution in [0.1, 0.15) is 78.9 Å². The summed E-state index contributed by atoms with van der Waals surface area (Å²) in [6.07, 6.45) is 6.16. The van der Waals surface area contributed by atoms with Crippen molar-refractivity contribution in [3.05, 3.63) is 71.1 Å². The first-order valence-corrected chi connectivity index (χ1v) is 31.9. The molecule has 8 N–H and O–H groups in total. The van der Waals surface area contributed by atoms with Gasteiger partial charge in [0.25, 0.3) is 0 Å². The molecule has 5 rings (SSSR count). The van der Waals surface area contributed by atoms with Crippen molar-refractivity contribution < 1.29 is 94.3 Å². The number of ketones is 1. The first-order chi connectivity index (χ1) is 44.0. The van der Waals surface area contributed by atoms with Gasteiger partial charge in [0.2, 0.25) is 17.7 Å². The van der Waals surface area contributed by atoms with E-state index < -0.39 is 41.6 Å². The number of Topliss-reactive ketones (excluding diaryl/α,β-unsaturated/α-hetero) is 1. The van der Waals surface area contributed by atoms with Gasteiger partial charge >= 0.3 is 6.03 Å². The van der Waals surface area contributed by atoms with Gasteiger partial charge in [-0.15, -0.1) is 5.10 Å². The summed E-state index contributed by atoms with van der Waals surface area (Å²) in [5.74, 6) is -4.29. The van der Waals surface area contributed by atoms with E-state index in [1.165, 1.54) is 23.0 Å². The molecule has 27 nitrogen and oxygen atoms in total. The molecule has 2 aromatic carbocycles. The maximum absolute atomic E-state index is 14.3. The van der Waals surface area contributed by atoms with E-state index in [0.29, 0.717) is 194 Å². The molecule has 2 fully saturated rings. The molecule has 0 saturated carbocycles. The van der Waals surface area contributed by atoms with Gasteiger partial charge in [-0.3, -0.25) is 19.2 Å². The van der Waals surface area contributed by atoms with E-state index in [4.69, 9.17) is 73.0 Å². The Morgan fingerprint density at radius 3 is 1.64 bits per heavy atom. The zero-order valence-electron chi connectivity index (χ0n) is 51.5. The second-order valence-corrected chi connectivity index (χ2v) is 21.8. The topological polar surface area (TPSA) is 336 Å². The maximum Gasteiger partial charge on any atom is 0.315 e. The predicted molar refractivity (Wildman–Crippen MR) is 326 cm³/mol. The molecule has 0 radical (unpaired) electrons. The van der Waals surface area contributed by atoms with Crippen LogP contribution in [0.15, 0.2) is 42.6 Å². The number of thioether (sulfide) groups is 1. The zero-order valence-corrected chi connectivity index (χ0v) is 52.3. The number of rotatable bonds is 57. The van der Waals surface area contributed by atoms with Crippen LogP contribution in [0, 0.1) is 11.6 Å². The van der Waals surface area contributed by atoms with Crippen LogP contribution in [0.2, 0.25) is 0 Å². The summed E-state index contributed by atoms with van der Waals surface area (Å²) in [7, 11) is 0.